The standard InChI is InChI=1S/C36H26N4/c1-36(2)29-16-10-9-15-25(29)26-20-28-27-19-24(17-18-31(27)37-32(28)21-30(26)36)35-39-33(22-11-5-3-6-12-22)38-34(40-35)23-13-7-4-8-14-23/h3-21,37H,1-2H3. The van der Waals surface area contributed by atoms with Gasteiger partial charge in [-0.25, -0.2) is 15.0 Å². The molecule has 40 heavy (non-hydrogen) atoms. The number of aromatic amines is 1. The Kier molecular flexibility index (Phi) is 4.83. The van der Waals surface area contributed by atoms with Gasteiger partial charge < -0.3 is 4.98 Å². The van der Waals surface area contributed by atoms with Crippen LogP contribution in [0.4, 0.5) is 0 Å². The van der Waals surface area contributed by atoms with Gasteiger partial charge in [-0.3, -0.25) is 0 Å². The summed E-state index contributed by atoms with van der Waals surface area (Å²) >= 11 is 0. The molecule has 0 fully saturated rings. The molecule has 4 nitrogen and oxygen atoms in total. The Labute approximate surface area is 232 Å². The summed E-state index contributed by atoms with van der Waals surface area (Å²) in [5, 5.41) is 2.38. The molecule has 0 unspecified atom stereocenters. The van der Waals surface area contributed by atoms with E-state index in [4.69, 9.17) is 15.0 Å². The summed E-state index contributed by atoms with van der Waals surface area (Å²) in [4.78, 5) is 18.4. The minimum Gasteiger partial charge on any atom is -0.355 e. The van der Waals surface area contributed by atoms with Crippen molar-refractivity contribution in [1.29, 1.82) is 0 Å². The maximum atomic E-state index is 4.94. The maximum absolute atomic E-state index is 4.94. The van der Waals surface area contributed by atoms with E-state index in [9.17, 15) is 0 Å². The van der Waals surface area contributed by atoms with Crippen molar-refractivity contribution in [3.63, 3.8) is 0 Å². The van der Waals surface area contributed by atoms with Crippen LogP contribution in [0.5, 0.6) is 0 Å². The average molecular weight is 515 g/mol. The van der Waals surface area contributed by atoms with E-state index in [2.05, 4.69) is 73.4 Å². The average Bonchev–Trinajstić information content (AvgIpc) is 3.48. The Morgan fingerprint density at radius 1 is 0.475 bits per heavy atom. The zero-order chi connectivity index (χ0) is 26.8. The molecule has 2 heterocycles. The van der Waals surface area contributed by atoms with Crippen molar-refractivity contribution in [2.75, 3.05) is 0 Å². The number of nitrogens with one attached hydrogen (secondary N) is 1. The summed E-state index contributed by atoms with van der Waals surface area (Å²) in [5.74, 6) is 2.00. The highest BCUT2D eigenvalue weighted by atomic mass is 15.0. The fraction of sp³-hybridized carbons (Fsp3) is 0.0833. The second-order valence-electron chi connectivity index (χ2n) is 11.0. The first-order valence-electron chi connectivity index (χ1n) is 13.6. The molecular weight excluding hydrogens is 488 g/mol. The van der Waals surface area contributed by atoms with E-state index in [1.165, 1.54) is 33.0 Å². The molecule has 190 valence electrons. The van der Waals surface area contributed by atoms with Crippen LogP contribution in [0.25, 0.3) is 67.1 Å². The molecule has 4 heteroatoms. The van der Waals surface area contributed by atoms with Crippen LogP contribution in [0.2, 0.25) is 0 Å². The van der Waals surface area contributed by atoms with Gasteiger partial charge in [-0.2, -0.15) is 0 Å². The lowest BCUT2D eigenvalue weighted by Crippen LogP contribution is -2.14. The van der Waals surface area contributed by atoms with E-state index in [0.717, 1.165) is 27.7 Å². The summed E-state index contributed by atoms with van der Waals surface area (Å²) in [5.41, 5.74) is 10.5. The molecule has 0 saturated carbocycles. The Bertz CT molecular complexity index is 2010. The Morgan fingerprint density at radius 3 is 1.73 bits per heavy atom. The molecule has 0 amide bonds. The van der Waals surface area contributed by atoms with Crippen LogP contribution in [-0.4, -0.2) is 19.9 Å². The van der Waals surface area contributed by atoms with E-state index in [0.29, 0.717) is 17.5 Å². The van der Waals surface area contributed by atoms with Gasteiger partial charge in [-0.15, -0.1) is 0 Å². The van der Waals surface area contributed by atoms with Gasteiger partial charge in [-0.1, -0.05) is 98.8 Å². The number of H-pyrrole nitrogens is 1. The van der Waals surface area contributed by atoms with Gasteiger partial charge in [0.15, 0.2) is 17.5 Å². The fourth-order valence-corrected chi connectivity index (χ4v) is 6.17. The number of rotatable bonds is 3. The van der Waals surface area contributed by atoms with Gasteiger partial charge >= 0.3 is 0 Å². The molecule has 7 aromatic rings. The van der Waals surface area contributed by atoms with Crippen molar-refractivity contribution in [2.24, 2.45) is 0 Å². The van der Waals surface area contributed by atoms with E-state index in [1.807, 2.05) is 60.7 Å². The first kappa shape index (κ1) is 22.9. The van der Waals surface area contributed by atoms with Crippen LogP contribution in [0.15, 0.2) is 115 Å². The van der Waals surface area contributed by atoms with Crippen LogP contribution in [0.3, 0.4) is 0 Å². The molecule has 5 aromatic carbocycles. The second kappa shape index (κ2) is 8.45. The predicted molar refractivity (Wildman–Crippen MR) is 163 cm³/mol. The number of benzene rings is 5. The molecular formula is C36H26N4. The third-order valence-electron chi connectivity index (χ3n) is 8.26. The fourth-order valence-electron chi connectivity index (χ4n) is 6.17. The molecule has 0 atom stereocenters. The van der Waals surface area contributed by atoms with Gasteiger partial charge in [0.2, 0.25) is 0 Å². The van der Waals surface area contributed by atoms with Crippen LogP contribution in [-0.2, 0) is 5.41 Å². The lowest BCUT2D eigenvalue weighted by Gasteiger charge is -2.21. The number of hydrogen-bond acceptors (Lipinski definition) is 3. The zero-order valence-electron chi connectivity index (χ0n) is 22.3. The van der Waals surface area contributed by atoms with Gasteiger partial charge in [-0.05, 0) is 52.6 Å². The Morgan fingerprint density at radius 2 is 1.05 bits per heavy atom. The molecule has 0 radical (unpaired) electrons. The normalized spacial score (nSPS) is 13.4. The summed E-state index contributed by atoms with van der Waals surface area (Å²) in [7, 11) is 0. The van der Waals surface area contributed by atoms with E-state index >= 15 is 0 Å². The summed E-state index contributed by atoms with van der Waals surface area (Å²) in [6.07, 6.45) is 0. The minimum absolute atomic E-state index is 0.0326. The van der Waals surface area contributed by atoms with E-state index in [1.54, 1.807) is 0 Å². The SMILES string of the molecule is CC1(C)c2ccccc2-c2cc3c(cc21)[nH]c1ccc(-c2nc(-c4ccccc4)nc(-c4ccccc4)n2)cc13. The number of aromatic nitrogens is 4. The van der Waals surface area contributed by atoms with Crippen molar-refractivity contribution in [3.8, 4) is 45.3 Å². The quantitative estimate of drug-likeness (QED) is 0.256. The van der Waals surface area contributed by atoms with Crippen molar-refractivity contribution in [2.45, 2.75) is 19.3 Å². The lowest BCUT2D eigenvalue weighted by atomic mass is 9.82. The number of fused-ring (bicyclic) bond motifs is 6. The second-order valence-corrected chi connectivity index (χ2v) is 11.0. The van der Waals surface area contributed by atoms with Crippen LogP contribution < -0.4 is 0 Å². The van der Waals surface area contributed by atoms with Gasteiger partial charge in [0.1, 0.15) is 0 Å². The molecule has 1 N–H and O–H groups in total. The zero-order valence-corrected chi connectivity index (χ0v) is 22.3. The lowest BCUT2D eigenvalue weighted by molar-refractivity contribution is 0.661. The monoisotopic (exact) mass is 514 g/mol. The molecule has 0 bridgehead atoms. The van der Waals surface area contributed by atoms with Crippen LogP contribution >= 0.6 is 0 Å². The summed E-state index contributed by atoms with van der Waals surface area (Å²) < 4.78 is 0. The first-order valence-corrected chi connectivity index (χ1v) is 13.6. The largest absolute Gasteiger partial charge is 0.355 e. The number of nitrogens with zero attached hydrogens (tertiary/aromatic N) is 3. The van der Waals surface area contributed by atoms with Crippen molar-refractivity contribution in [3.05, 3.63) is 126 Å². The summed E-state index contributed by atoms with van der Waals surface area (Å²) in [6, 6.07) is 40.1. The van der Waals surface area contributed by atoms with Gasteiger partial charge in [0.05, 0.1) is 0 Å². The first-order chi connectivity index (χ1) is 19.6. The van der Waals surface area contributed by atoms with E-state index < -0.39 is 0 Å². The topological polar surface area (TPSA) is 54.5 Å². The van der Waals surface area contributed by atoms with Crippen molar-refractivity contribution < 1.29 is 0 Å². The Hall–Kier alpha value is -5.09. The summed E-state index contributed by atoms with van der Waals surface area (Å²) in [6.45, 7) is 4.64. The van der Waals surface area contributed by atoms with E-state index in [-0.39, 0.29) is 5.41 Å². The highest BCUT2D eigenvalue weighted by Gasteiger charge is 2.35. The highest BCUT2D eigenvalue weighted by Crippen LogP contribution is 2.50. The smallest absolute Gasteiger partial charge is 0.164 e. The van der Waals surface area contributed by atoms with Crippen LogP contribution in [0.1, 0.15) is 25.0 Å². The molecule has 0 aliphatic heterocycles. The number of hydrogen-bond donors (Lipinski definition) is 1. The third-order valence-corrected chi connectivity index (χ3v) is 8.26. The van der Waals surface area contributed by atoms with Gasteiger partial charge in [0, 0.05) is 43.9 Å². The van der Waals surface area contributed by atoms with Crippen LogP contribution in [0, 0.1) is 0 Å². The van der Waals surface area contributed by atoms with Crippen molar-refractivity contribution >= 4 is 21.8 Å². The third kappa shape index (κ3) is 3.43. The molecule has 0 spiro atoms. The molecule has 8 rings (SSSR count). The predicted octanol–water partition coefficient (Wildman–Crippen LogP) is 8.81. The molecule has 0 saturated heterocycles. The molecule has 2 aromatic heterocycles. The van der Waals surface area contributed by atoms with Crippen molar-refractivity contribution in [1.82, 2.24) is 19.9 Å². The maximum Gasteiger partial charge on any atom is 0.164 e. The minimum atomic E-state index is -0.0326. The Balaban J connectivity index is 1.33. The molecule has 1 aliphatic rings. The highest BCUT2D eigenvalue weighted by molar-refractivity contribution is 6.10. The molecule has 1 aliphatic carbocycles. The van der Waals surface area contributed by atoms with Gasteiger partial charge in [0.25, 0.3) is 0 Å².